The van der Waals surface area contributed by atoms with Crippen LogP contribution in [0.1, 0.15) is 25.3 Å². The summed E-state index contributed by atoms with van der Waals surface area (Å²) in [6.45, 7) is 3.25. The summed E-state index contributed by atoms with van der Waals surface area (Å²) < 4.78 is 10.5. The number of aliphatic carboxylic acids is 1. The SMILES string of the molecule is CCOc1ccc(CNC(=O)N2[C@H]3CN(CCOC)C(=O)[C@H](CCC(=O)O)N3C(=O)CN2C)cc1. The first-order chi connectivity index (χ1) is 16.8. The van der Waals surface area contributed by atoms with Crippen LogP contribution < -0.4 is 10.1 Å². The number of nitrogens with zero attached hydrogens (tertiary/aromatic N) is 4. The molecule has 1 aromatic rings. The van der Waals surface area contributed by atoms with Gasteiger partial charge in [-0.25, -0.2) is 14.8 Å². The average molecular weight is 492 g/mol. The van der Waals surface area contributed by atoms with E-state index in [4.69, 9.17) is 14.6 Å². The Morgan fingerprint density at radius 1 is 1.20 bits per heavy atom. The van der Waals surface area contributed by atoms with Crippen molar-refractivity contribution in [2.75, 3.05) is 47.0 Å². The number of nitrogens with one attached hydrogen (secondary N) is 1. The van der Waals surface area contributed by atoms with E-state index in [1.54, 1.807) is 7.05 Å². The van der Waals surface area contributed by atoms with Crippen molar-refractivity contribution in [2.45, 2.75) is 38.5 Å². The van der Waals surface area contributed by atoms with Crippen molar-refractivity contribution >= 4 is 23.8 Å². The van der Waals surface area contributed by atoms with Crippen LogP contribution in [0, 0.1) is 0 Å². The number of carboxylic acid groups (broad SMARTS) is 1. The third-order valence-corrected chi connectivity index (χ3v) is 6.02. The van der Waals surface area contributed by atoms with E-state index < -0.39 is 24.2 Å². The summed E-state index contributed by atoms with van der Waals surface area (Å²) in [7, 11) is 3.15. The third kappa shape index (κ3) is 6.20. The van der Waals surface area contributed by atoms with Crippen molar-refractivity contribution in [3.63, 3.8) is 0 Å². The molecule has 192 valence electrons. The topological polar surface area (TPSA) is 132 Å². The number of fused-ring (bicyclic) bond motifs is 1. The number of carboxylic acids is 1. The van der Waals surface area contributed by atoms with Crippen LogP contribution in [0.15, 0.2) is 24.3 Å². The van der Waals surface area contributed by atoms with Gasteiger partial charge in [-0.2, -0.15) is 0 Å². The van der Waals surface area contributed by atoms with Crippen LogP contribution in [0.25, 0.3) is 0 Å². The Balaban J connectivity index is 1.79. The molecule has 1 aromatic carbocycles. The molecule has 12 heteroatoms. The van der Waals surface area contributed by atoms with Crippen LogP contribution in [0.2, 0.25) is 0 Å². The molecule has 0 saturated carbocycles. The fraction of sp³-hybridized carbons (Fsp3) is 0.565. The molecule has 2 saturated heterocycles. The summed E-state index contributed by atoms with van der Waals surface area (Å²) in [6.07, 6.45) is -1.08. The van der Waals surface area contributed by atoms with Gasteiger partial charge in [0.25, 0.3) is 0 Å². The van der Waals surface area contributed by atoms with E-state index in [1.807, 2.05) is 31.2 Å². The second kappa shape index (κ2) is 11.8. The van der Waals surface area contributed by atoms with Gasteiger partial charge in [0.15, 0.2) is 0 Å². The first-order valence-corrected chi connectivity index (χ1v) is 11.6. The minimum atomic E-state index is -1.06. The second-order valence-electron chi connectivity index (χ2n) is 8.40. The Morgan fingerprint density at radius 3 is 2.54 bits per heavy atom. The van der Waals surface area contributed by atoms with Crippen molar-refractivity contribution < 1.29 is 33.8 Å². The van der Waals surface area contributed by atoms with Crippen LogP contribution in [0.4, 0.5) is 4.79 Å². The molecule has 2 N–H and O–H groups in total. The standard InChI is InChI=1S/C23H33N5O7/c1-4-35-17-7-5-16(6-8-17)13-24-23(33)28-19-14-26(11-12-34-3)22(32)18(9-10-21(30)31)27(19)20(29)15-25(28)2/h5-8,18-19H,4,9-15H2,1-3H3,(H,24,33)(H,30,31)/t18-,19-/m0/s1. The summed E-state index contributed by atoms with van der Waals surface area (Å²) in [5.74, 6) is -0.992. The molecule has 35 heavy (non-hydrogen) atoms. The van der Waals surface area contributed by atoms with Gasteiger partial charge in [0, 0.05) is 33.7 Å². The molecule has 2 heterocycles. The highest BCUT2D eigenvalue weighted by atomic mass is 16.5. The van der Waals surface area contributed by atoms with Crippen molar-refractivity contribution in [2.24, 2.45) is 0 Å². The lowest BCUT2D eigenvalue weighted by atomic mass is 10.0. The number of methoxy groups -OCH3 is 1. The monoisotopic (exact) mass is 491 g/mol. The van der Waals surface area contributed by atoms with Crippen LogP contribution in [0.5, 0.6) is 5.75 Å². The summed E-state index contributed by atoms with van der Waals surface area (Å²) in [5, 5.41) is 15.0. The maximum Gasteiger partial charge on any atom is 0.334 e. The molecule has 4 amide bonds. The summed E-state index contributed by atoms with van der Waals surface area (Å²) >= 11 is 0. The van der Waals surface area contributed by atoms with E-state index in [9.17, 15) is 19.2 Å². The Labute approximate surface area is 204 Å². The number of carbonyl (C=O) groups excluding carboxylic acids is 3. The third-order valence-electron chi connectivity index (χ3n) is 6.02. The first-order valence-electron chi connectivity index (χ1n) is 11.6. The highest BCUT2D eigenvalue weighted by Crippen LogP contribution is 2.28. The molecule has 12 nitrogen and oxygen atoms in total. The minimum absolute atomic E-state index is 0.0365. The highest BCUT2D eigenvalue weighted by Gasteiger charge is 2.50. The van der Waals surface area contributed by atoms with Crippen LogP contribution >= 0.6 is 0 Å². The quantitative estimate of drug-likeness (QED) is 0.479. The zero-order chi connectivity index (χ0) is 25.5. The molecule has 2 fully saturated rings. The fourth-order valence-corrected chi connectivity index (χ4v) is 4.37. The highest BCUT2D eigenvalue weighted by molar-refractivity contribution is 5.91. The van der Waals surface area contributed by atoms with Gasteiger partial charge >= 0.3 is 12.0 Å². The normalized spacial score (nSPS) is 20.6. The van der Waals surface area contributed by atoms with E-state index in [0.717, 1.165) is 11.3 Å². The molecule has 2 atom stereocenters. The molecular weight excluding hydrogens is 458 g/mol. The molecule has 2 aliphatic heterocycles. The average Bonchev–Trinajstić information content (AvgIpc) is 2.82. The summed E-state index contributed by atoms with van der Waals surface area (Å²) in [4.78, 5) is 53.5. The lowest BCUT2D eigenvalue weighted by Gasteiger charge is -2.54. The number of benzene rings is 1. The zero-order valence-electron chi connectivity index (χ0n) is 20.3. The van der Waals surface area contributed by atoms with Crippen molar-refractivity contribution in [3.05, 3.63) is 29.8 Å². The maximum absolute atomic E-state index is 13.3. The lowest BCUT2D eigenvalue weighted by molar-refractivity contribution is -0.188. The van der Waals surface area contributed by atoms with Gasteiger partial charge in [-0.15, -0.1) is 0 Å². The van der Waals surface area contributed by atoms with Gasteiger partial charge in [-0.3, -0.25) is 14.4 Å². The molecule has 2 aliphatic rings. The van der Waals surface area contributed by atoms with Gasteiger partial charge in [0.05, 0.1) is 26.3 Å². The smallest absolute Gasteiger partial charge is 0.334 e. The number of rotatable bonds is 10. The van der Waals surface area contributed by atoms with Gasteiger partial charge in [-0.05, 0) is 31.0 Å². The molecule has 0 radical (unpaired) electrons. The molecule has 0 aliphatic carbocycles. The van der Waals surface area contributed by atoms with Crippen molar-refractivity contribution in [1.29, 1.82) is 0 Å². The van der Waals surface area contributed by atoms with Gasteiger partial charge < -0.3 is 29.7 Å². The Bertz CT molecular complexity index is 925. The molecule has 0 aromatic heterocycles. The molecule has 3 rings (SSSR count). The van der Waals surface area contributed by atoms with E-state index >= 15 is 0 Å². The Hall–Kier alpha value is -3.38. The summed E-state index contributed by atoms with van der Waals surface area (Å²) in [5.41, 5.74) is 0.870. The maximum atomic E-state index is 13.3. The zero-order valence-corrected chi connectivity index (χ0v) is 20.3. The number of urea groups is 1. The number of hydrogen-bond acceptors (Lipinski definition) is 7. The summed E-state index contributed by atoms with van der Waals surface area (Å²) in [6, 6.07) is 5.97. The van der Waals surface area contributed by atoms with Gasteiger partial charge in [-0.1, -0.05) is 12.1 Å². The fourth-order valence-electron chi connectivity index (χ4n) is 4.37. The Morgan fingerprint density at radius 2 is 1.91 bits per heavy atom. The van der Waals surface area contributed by atoms with Gasteiger partial charge in [0.1, 0.15) is 18.0 Å². The predicted molar refractivity (Wildman–Crippen MR) is 124 cm³/mol. The number of likely N-dealkylation sites (N-methyl/N-ethyl adjacent to an activating group) is 1. The number of piperazine rings is 1. The molecule has 0 bridgehead atoms. The van der Waals surface area contributed by atoms with Crippen LogP contribution in [0.3, 0.4) is 0 Å². The Kier molecular flexibility index (Phi) is 8.88. The lowest BCUT2D eigenvalue weighted by Crippen LogP contribution is -2.76. The predicted octanol–water partition coefficient (Wildman–Crippen LogP) is 0.334. The number of hydrazine groups is 1. The second-order valence-corrected chi connectivity index (χ2v) is 8.40. The minimum Gasteiger partial charge on any atom is -0.494 e. The molecule has 0 spiro atoms. The first kappa shape index (κ1) is 26.2. The van der Waals surface area contributed by atoms with E-state index in [0.29, 0.717) is 6.61 Å². The molecule has 0 unspecified atom stereocenters. The number of amides is 4. The van der Waals surface area contributed by atoms with E-state index in [-0.39, 0.29) is 57.4 Å². The van der Waals surface area contributed by atoms with Crippen LogP contribution in [-0.4, -0.2) is 108 Å². The van der Waals surface area contributed by atoms with Crippen molar-refractivity contribution in [3.8, 4) is 5.75 Å². The molecular formula is C23H33N5O7. The van der Waals surface area contributed by atoms with E-state index in [2.05, 4.69) is 5.32 Å². The van der Waals surface area contributed by atoms with Gasteiger partial charge in [0.2, 0.25) is 11.8 Å². The number of carbonyl (C=O) groups is 4. The van der Waals surface area contributed by atoms with E-state index in [1.165, 1.54) is 26.9 Å². The largest absolute Gasteiger partial charge is 0.494 e. The van der Waals surface area contributed by atoms with Crippen molar-refractivity contribution in [1.82, 2.24) is 25.1 Å². The number of hydrogen-bond donors (Lipinski definition) is 2. The number of ether oxygens (including phenoxy) is 2. The van der Waals surface area contributed by atoms with Crippen LogP contribution in [-0.2, 0) is 25.7 Å².